The summed E-state index contributed by atoms with van der Waals surface area (Å²) in [6.07, 6.45) is 3.60. The number of hydrogen-bond donors (Lipinski definition) is 0. The molecule has 0 aromatic carbocycles. The number of ether oxygens (including phenoxy) is 3. The number of esters is 2. The lowest BCUT2D eigenvalue weighted by Gasteiger charge is -2.30. The molecule has 0 saturated carbocycles. The first-order valence-corrected chi connectivity index (χ1v) is 5.00. The SMILES string of the molecule is COC(=O)[C@H]1[C@@H](OC)C=CC[C@@H]1C(=O)OC. The van der Waals surface area contributed by atoms with E-state index in [1.165, 1.54) is 21.3 Å². The first kappa shape index (κ1) is 12.7. The van der Waals surface area contributed by atoms with Crippen LogP contribution in [0, 0.1) is 11.8 Å². The second-order valence-electron chi connectivity index (χ2n) is 3.54. The molecule has 0 saturated heterocycles. The van der Waals surface area contributed by atoms with Gasteiger partial charge in [0.15, 0.2) is 0 Å². The van der Waals surface area contributed by atoms with Gasteiger partial charge in [0, 0.05) is 7.11 Å². The number of rotatable bonds is 3. The molecule has 0 N–H and O–H groups in total. The Morgan fingerprint density at radius 1 is 1.12 bits per heavy atom. The molecule has 0 heterocycles. The second kappa shape index (κ2) is 5.65. The van der Waals surface area contributed by atoms with Crippen molar-refractivity contribution in [3.8, 4) is 0 Å². The number of allylic oxidation sites excluding steroid dienone is 1. The molecule has 0 spiro atoms. The molecule has 5 nitrogen and oxygen atoms in total. The lowest BCUT2D eigenvalue weighted by Crippen LogP contribution is -2.41. The molecule has 5 heteroatoms. The molecule has 0 aliphatic heterocycles. The first-order chi connectivity index (χ1) is 7.65. The molecule has 0 aromatic rings. The van der Waals surface area contributed by atoms with Gasteiger partial charge in [0.1, 0.15) is 5.92 Å². The Morgan fingerprint density at radius 2 is 1.75 bits per heavy atom. The molecule has 16 heavy (non-hydrogen) atoms. The first-order valence-electron chi connectivity index (χ1n) is 5.00. The molecule has 0 aromatic heterocycles. The standard InChI is InChI=1S/C11H16O5/c1-14-8-6-4-5-7(10(12)15-2)9(8)11(13)16-3/h4,6-9H,5H2,1-3H3/t7-,8-,9+/m0/s1. The molecular formula is C11H16O5. The molecular weight excluding hydrogens is 212 g/mol. The van der Waals surface area contributed by atoms with Gasteiger partial charge in [-0.3, -0.25) is 9.59 Å². The fourth-order valence-corrected chi connectivity index (χ4v) is 1.91. The van der Waals surface area contributed by atoms with Gasteiger partial charge in [-0.15, -0.1) is 0 Å². The minimum absolute atomic E-state index is 0.415. The van der Waals surface area contributed by atoms with Crippen molar-refractivity contribution in [2.45, 2.75) is 12.5 Å². The molecule has 0 fully saturated rings. The van der Waals surface area contributed by atoms with Gasteiger partial charge < -0.3 is 14.2 Å². The summed E-state index contributed by atoms with van der Waals surface area (Å²) in [4.78, 5) is 23.2. The van der Waals surface area contributed by atoms with Gasteiger partial charge >= 0.3 is 11.9 Å². The largest absolute Gasteiger partial charge is 0.469 e. The van der Waals surface area contributed by atoms with Crippen molar-refractivity contribution in [3.63, 3.8) is 0 Å². The van der Waals surface area contributed by atoms with E-state index in [1.54, 1.807) is 6.08 Å². The summed E-state index contributed by atoms with van der Waals surface area (Å²) in [6, 6.07) is 0. The van der Waals surface area contributed by atoms with Crippen molar-refractivity contribution < 1.29 is 23.8 Å². The van der Waals surface area contributed by atoms with E-state index in [2.05, 4.69) is 9.47 Å². The summed E-state index contributed by atoms with van der Waals surface area (Å²) in [6.45, 7) is 0. The molecule has 1 rings (SSSR count). The Balaban J connectivity index is 2.94. The lowest BCUT2D eigenvalue weighted by atomic mass is 9.81. The predicted molar refractivity (Wildman–Crippen MR) is 55.6 cm³/mol. The van der Waals surface area contributed by atoms with Crippen LogP contribution in [-0.2, 0) is 23.8 Å². The highest BCUT2D eigenvalue weighted by Crippen LogP contribution is 2.29. The second-order valence-corrected chi connectivity index (χ2v) is 3.54. The molecule has 1 aliphatic rings. The van der Waals surface area contributed by atoms with Crippen LogP contribution in [0.4, 0.5) is 0 Å². The normalized spacial score (nSPS) is 28.6. The van der Waals surface area contributed by atoms with Crippen molar-refractivity contribution in [1.29, 1.82) is 0 Å². The topological polar surface area (TPSA) is 61.8 Å². The number of carbonyl (C=O) groups is 2. The van der Waals surface area contributed by atoms with E-state index in [9.17, 15) is 9.59 Å². The summed E-state index contributed by atoms with van der Waals surface area (Å²) in [7, 11) is 4.09. The Hall–Kier alpha value is -1.36. The van der Waals surface area contributed by atoms with E-state index >= 15 is 0 Å². The van der Waals surface area contributed by atoms with Crippen molar-refractivity contribution in [1.82, 2.24) is 0 Å². The van der Waals surface area contributed by atoms with Crippen LogP contribution in [0.3, 0.4) is 0 Å². The highest BCUT2D eigenvalue weighted by Gasteiger charge is 2.41. The molecule has 0 unspecified atom stereocenters. The zero-order chi connectivity index (χ0) is 12.1. The van der Waals surface area contributed by atoms with Crippen LogP contribution in [0.2, 0.25) is 0 Å². The third kappa shape index (κ3) is 2.41. The van der Waals surface area contributed by atoms with Crippen molar-refractivity contribution in [3.05, 3.63) is 12.2 Å². The molecule has 3 atom stereocenters. The smallest absolute Gasteiger partial charge is 0.312 e. The van der Waals surface area contributed by atoms with E-state index in [0.29, 0.717) is 6.42 Å². The molecule has 90 valence electrons. The lowest BCUT2D eigenvalue weighted by molar-refractivity contribution is -0.162. The summed E-state index contributed by atoms with van der Waals surface area (Å²) in [5.74, 6) is -2.03. The third-order valence-corrected chi connectivity index (χ3v) is 2.75. The van der Waals surface area contributed by atoms with Crippen molar-refractivity contribution in [2.75, 3.05) is 21.3 Å². The van der Waals surface area contributed by atoms with Crippen molar-refractivity contribution in [2.24, 2.45) is 11.8 Å². The Bertz CT molecular complexity index is 297. The van der Waals surface area contributed by atoms with E-state index in [0.717, 1.165) is 0 Å². The van der Waals surface area contributed by atoms with Crippen LogP contribution >= 0.6 is 0 Å². The fraction of sp³-hybridized carbons (Fsp3) is 0.636. The maximum absolute atomic E-state index is 11.6. The molecule has 0 bridgehead atoms. The predicted octanol–water partition coefficient (Wildman–Crippen LogP) is 0.540. The van der Waals surface area contributed by atoms with Gasteiger partial charge in [-0.2, -0.15) is 0 Å². The van der Waals surface area contributed by atoms with E-state index in [1.807, 2.05) is 6.08 Å². The third-order valence-electron chi connectivity index (χ3n) is 2.75. The zero-order valence-electron chi connectivity index (χ0n) is 9.64. The van der Waals surface area contributed by atoms with Gasteiger partial charge in [0.2, 0.25) is 0 Å². The molecule has 0 amide bonds. The number of carbonyl (C=O) groups excluding carboxylic acids is 2. The van der Waals surface area contributed by atoms with E-state index < -0.39 is 29.9 Å². The summed E-state index contributed by atoms with van der Waals surface area (Å²) in [5, 5.41) is 0. The maximum Gasteiger partial charge on any atom is 0.312 e. The van der Waals surface area contributed by atoms with Gasteiger partial charge in [-0.1, -0.05) is 12.2 Å². The van der Waals surface area contributed by atoms with Gasteiger partial charge in [0.05, 0.1) is 26.2 Å². The Morgan fingerprint density at radius 3 is 2.25 bits per heavy atom. The fourth-order valence-electron chi connectivity index (χ4n) is 1.91. The summed E-state index contributed by atoms with van der Waals surface area (Å²) >= 11 is 0. The highest BCUT2D eigenvalue weighted by molar-refractivity contribution is 5.83. The van der Waals surface area contributed by atoms with Crippen LogP contribution in [0.1, 0.15) is 6.42 Å². The minimum atomic E-state index is -0.632. The van der Waals surface area contributed by atoms with Gasteiger partial charge in [-0.25, -0.2) is 0 Å². The minimum Gasteiger partial charge on any atom is -0.469 e. The van der Waals surface area contributed by atoms with Crippen LogP contribution in [0.25, 0.3) is 0 Å². The number of methoxy groups -OCH3 is 3. The Labute approximate surface area is 94.4 Å². The molecule has 1 aliphatic carbocycles. The monoisotopic (exact) mass is 228 g/mol. The van der Waals surface area contributed by atoms with Crippen molar-refractivity contribution >= 4 is 11.9 Å². The maximum atomic E-state index is 11.6. The molecule has 0 radical (unpaired) electrons. The van der Waals surface area contributed by atoms with Gasteiger partial charge in [0.25, 0.3) is 0 Å². The Kier molecular flexibility index (Phi) is 4.49. The van der Waals surface area contributed by atoms with Crippen LogP contribution < -0.4 is 0 Å². The van der Waals surface area contributed by atoms with Crippen LogP contribution in [0.5, 0.6) is 0 Å². The number of hydrogen-bond acceptors (Lipinski definition) is 5. The van der Waals surface area contributed by atoms with E-state index in [-0.39, 0.29) is 0 Å². The average Bonchev–Trinajstić information content (AvgIpc) is 2.35. The van der Waals surface area contributed by atoms with Gasteiger partial charge in [-0.05, 0) is 6.42 Å². The van der Waals surface area contributed by atoms with E-state index in [4.69, 9.17) is 4.74 Å². The van der Waals surface area contributed by atoms with Crippen LogP contribution in [0.15, 0.2) is 12.2 Å². The average molecular weight is 228 g/mol. The quantitative estimate of drug-likeness (QED) is 0.521. The summed E-state index contributed by atoms with van der Waals surface area (Å²) in [5.41, 5.74) is 0. The highest BCUT2D eigenvalue weighted by atomic mass is 16.5. The van der Waals surface area contributed by atoms with Crippen LogP contribution in [-0.4, -0.2) is 39.4 Å². The zero-order valence-corrected chi connectivity index (χ0v) is 9.64. The summed E-state index contributed by atoms with van der Waals surface area (Å²) < 4.78 is 14.5.